The van der Waals surface area contributed by atoms with Crippen molar-refractivity contribution >= 4 is 0 Å². The van der Waals surface area contributed by atoms with E-state index in [1.165, 1.54) is 6.42 Å². The Balaban J connectivity index is 3.10. The van der Waals surface area contributed by atoms with E-state index in [0.29, 0.717) is 6.04 Å². The first-order valence-electron chi connectivity index (χ1n) is 5.62. The van der Waals surface area contributed by atoms with Gasteiger partial charge in [-0.2, -0.15) is 0 Å². The van der Waals surface area contributed by atoms with E-state index in [1.54, 1.807) is 0 Å². The summed E-state index contributed by atoms with van der Waals surface area (Å²) in [7, 11) is 4.21. The second-order valence-corrected chi connectivity index (χ2v) is 4.02. The molecule has 0 aliphatic carbocycles. The van der Waals surface area contributed by atoms with Crippen molar-refractivity contribution in [3.8, 4) is 0 Å². The highest BCUT2D eigenvalue weighted by Crippen LogP contribution is 1.90. The molecule has 0 aliphatic heterocycles. The van der Waals surface area contributed by atoms with Crippen LogP contribution < -0.4 is 5.32 Å². The van der Waals surface area contributed by atoms with Crippen LogP contribution in [0.2, 0.25) is 0 Å². The van der Waals surface area contributed by atoms with E-state index in [2.05, 4.69) is 31.2 Å². The summed E-state index contributed by atoms with van der Waals surface area (Å²) in [6.07, 6.45) is 2.37. The van der Waals surface area contributed by atoms with Crippen LogP contribution in [0.1, 0.15) is 26.7 Å². The summed E-state index contributed by atoms with van der Waals surface area (Å²) in [5.74, 6) is 0. The molecule has 0 radical (unpaired) electrons. The van der Waals surface area contributed by atoms with Crippen molar-refractivity contribution in [3.05, 3.63) is 0 Å². The molecule has 0 spiro atoms. The van der Waals surface area contributed by atoms with Crippen molar-refractivity contribution in [2.24, 2.45) is 0 Å². The van der Waals surface area contributed by atoms with Gasteiger partial charge in [0.15, 0.2) is 0 Å². The highest BCUT2D eigenvalue weighted by atomic mass is 16.5. The molecule has 1 N–H and O–H groups in total. The zero-order valence-corrected chi connectivity index (χ0v) is 10.2. The number of hydrogen-bond donors (Lipinski definition) is 1. The van der Waals surface area contributed by atoms with E-state index < -0.39 is 0 Å². The molecule has 0 saturated heterocycles. The van der Waals surface area contributed by atoms with Crippen LogP contribution in [0.4, 0.5) is 0 Å². The van der Waals surface area contributed by atoms with Gasteiger partial charge in [-0.3, -0.25) is 0 Å². The first kappa shape index (κ1) is 13.9. The normalized spacial score (nSPS) is 13.5. The summed E-state index contributed by atoms with van der Waals surface area (Å²) in [5, 5.41) is 3.49. The average molecular weight is 202 g/mol. The van der Waals surface area contributed by atoms with E-state index in [0.717, 1.165) is 32.7 Å². The van der Waals surface area contributed by atoms with Crippen LogP contribution in [0, 0.1) is 0 Å². The molecule has 0 saturated carbocycles. The van der Waals surface area contributed by atoms with Gasteiger partial charge in [0.05, 0.1) is 0 Å². The minimum Gasteiger partial charge on any atom is -0.382 e. The molecule has 1 unspecified atom stereocenters. The molecule has 1 atom stereocenters. The second-order valence-electron chi connectivity index (χ2n) is 4.02. The number of ether oxygens (including phenoxy) is 1. The van der Waals surface area contributed by atoms with Gasteiger partial charge in [-0.15, -0.1) is 0 Å². The molecule has 0 aromatic rings. The van der Waals surface area contributed by atoms with Gasteiger partial charge >= 0.3 is 0 Å². The Kier molecular flexibility index (Phi) is 9.35. The third kappa shape index (κ3) is 9.96. The fraction of sp³-hybridized carbons (Fsp3) is 1.00. The van der Waals surface area contributed by atoms with Gasteiger partial charge in [-0.25, -0.2) is 0 Å². The Labute approximate surface area is 88.8 Å². The maximum atomic E-state index is 5.27. The Morgan fingerprint density at radius 1 is 1.29 bits per heavy atom. The molecule has 0 rings (SSSR count). The summed E-state index contributed by atoms with van der Waals surface area (Å²) < 4.78 is 5.27. The highest BCUT2D eigenvalue weighted by Gasteiger charge is 2.00. The van der Waals surface area contributed by atoms with Crippen molar-refractivity contribution in [1.29, 1.82) is 0 Å². The smallest absolute Gasteiger partial charge is 0.0466 e. The first-order valence-corrected chi connectivity index (χ1v) is 5.62. The number of rotatable bonds is 9. The fourth-order valence-electron chi connectivity index (χ4n) is 1.43. The van der Waals surface area contributed by atoms with Crippen molar-refractivity contribution < 1.29 is 4.74 Å². The van der Waals surface area contributed by atoms with Crippen LogP contribution in [-0.4, -0.2) is 51.3 Å². The van der Waals surface area contributed by atoms with Crippen molar-refractivity contribution in [2.75, 3.05) is 40.4 Å². The maximum absolute atomic E-state index is 5.27. The molecular weight excluding hydrogens is 176 g/mol. The molecule has 0 bridgehead atoms. The van der Waals surface area contributed by atoms with Gasteiger partial charge in [0, 0.05) is 25.8 Å². The predicted molar refractivity (Wildman–Crippen MR) is 61.7 cm³/mol. The standard InChI is InChI=1S/C11H26N2O/c1-5-14-9-7-6-8-12-11(2)10-13(3)4/h11-12H,5-10H2,1-4H3. The molecule has 3 nitrogen and oxygen atoms in total. The lowest BCUT2D eigenvalue weighted by molar-refractivity contribution is 0.143. The van der Waals surface area contributed by atoms with Crippen LogP contribution in [-0.2, 0) is 4.74 Å². The Morgan fingerprint density at radius 3 is 2.57 bits per heavy atom. The third-order valence-electron chi connectivity index (χ3n) is 2.05. The number of likely N-dealkylation sites (N-methyl/N-ethyl adjacent to an activating group) is 1. The summed E-state index contributed by atoms with van der Waals surface area (Å²) in [4.78, 5) is 2.21. The molecule has 0 amide bonds. The SMILES string of the molecule is CCOCCCCNC(C)CN(C)C. The van der Waals surface area contributed by atoms with Crippen LogP contribution in [0.3, 0.4) is 0 Å². The first-order chi connectivity index (χ1) is 6.66. The van der Waals surface area contributed by atoms with E-state index in [4.69, 9.17) is 4.74 Å². The lowest BCUT2D eigenvalue weighted by atomic mass is 10.2. The molecule has 86 valence electrons. The highest BCUT2D eigenvalue weighted by molar-refractivity contribution is 4.62. The van der Waals surface area contributed by atoms with Crippen LogP contribution >= 0.6 is 0 Å². The number of unbranched alkanes of at least 4 members (excludes halogenated alkanes) is 1. The molecule has 0 aliphatic rings. The van der Waals surface area contributed by atoms with Gasteiger partial charge in [-0.05, 0) is 47.3 Å². The number of nitrogens with zero attached hydrogens (tertiary/aromatic N) is 1. The fourth-order valence-corrected chi connectivity index (χ4v) is 1.43. The molecule has 3 heteroatoms. The summed E-state index contributed by atoms with van der Waals surface area (Å²) in [5.41, 5.74) is 0. The summed E-state index contributed by atoms with van der Waals surface area (Å²) in [6.45, 7) is 8.21. The summed E-state index contributed by atoms with van der Waals surface area (Å²) in [6, 6.07) is 0.581. The van der Waals surface area contributed by atoms with Gasteiger partial charge in [0.1, 0.15) is 0 Å². The summed E-state index contributed by atoms with van der Waals surface area (Å²) >= 11 is 0. The van der Waals surface area contributed by atoms with E-state index in [9.17, 15) is 0 Å². The Bertz CT molecular complexity index is 118. The van der Waals surface area contributed by atoms with Crippen molar-refractivity contribution in [3.63, 3.8) is 0 Å². The Hall–Kier alpha value is -0.120. The minimum atomic E-state index is 0.581. The molecule has 14 heavy (non-hydrogen) atoms. The van der Waals surface area contributed by atoms with Gasteiger partial charge in [0.2, 0.25) is 0 Å². The van der Waals surface area contributed by atoms with E-state index in [1.807, 2.05) is 6.92 Å². The predicted octanol–water partition coefficient (Wildman–Crippen LogP) is 1.34. The monoisotopic (exact) mass is 202 g/mol. The molecule has 0 heterocycles. The van der Waals surface area contributed by atoms with Gasteiger partial charge < -0.3 is 15.0 Å². The zero-order chi connectivity index (χ0) is 10.8. The quantitative estimate of drug-likeness (QED) is 0.571. The maximum Gasteiger partial charge on any atom is 0.0466 e. The van der Waals surface area contributed by atoms with E-state index >= 15 is 0 Å². The van der Waals surface area contributed by atoms with Crippen molar-refractivity contribution in [1.82, 2.24) is 10.2 Å². The molecule has 0 aromatic carbocycles. The molecular formula is C11H26N2O. The minimum absolute atomic E-state index is 0.581. The van der Waals surface area contributed by atoms with Crippen LogP contribution in [0.15, 0.2) is 0 Å². The lowest BCUT2D eigenvalue weighted by Gasteiger charge is -2.18. The van der Waals surface area contributed by atoms with Crippen LogP contribution in [0.5, 0.6) is 0 Å². The van der Waals surface area contributed by atoms with Crippen molar-refractivity contribution in [2.45, 2.75) is 32.7 Å². The average Bonchev–Trinajstić information content (AvgIpc) is 2.10. The topological polar surface area (TPSA) is 24.5 Å². The van der Waals surface area contributed by atoms with Gasteiger partial charge in [0.25, 0.3) is 0 Å². The van der Waals surface area contributed by atoms with Gasteiger partial charge in [-0.1, -0.05) is 0 Å². The second kappa shape index (κ2) is 9.44. The molecule has 0 aromatic heterocycles. The Morgan fingerprint density at radius 2 is 2.00 bits per heavy atom. The largest absolute Gasteiger partial charge is 0.382 e. The third-order valence-corrected chi connectivity index (χ3v) is 2.05. The van der Waals surface area contributed by atoms with Crippen LogP contribution in [0.25, 0.3) is 0 Å². The zero-order valence-electron chi connectivity index (χ0n) is 10.2. The molecule has 0 fully saturated rings. The number of hydrogen-bond acceptors (Lipinski definition) is 3. The lowest BCUT2D eigenvalue weighted by Crippen LogP contribution is -2.36. The number of nitrogens with one attached hydrogen (secondary N) is 1. The van der Waals surface area contributed by atoms with E-state index in [-0.39, 0.29) is 0 Å².